The van der Waals surface area contributed by atoms with E-state index in [2.05, 4.69) is 6.92 Å². The van der Waals surface area contributed by atoms with Gasteiger partial charge < -0.3 is 0 Å². The fourth-order valence-electron chi connectivity index (χ4n) is 0.793. The van der Waals surface area contributed by atoms with Gasteiger partial charge in [0, 0.05) is 12.0 Å². The van der Waals surface area contributed by atoms with Crippen LogP contribution in [0.2, 0.25) is 0 Å². The minimum Gasteiger partial charge on any atom is -0.294 e. The quantitative estimate of drug-likeness (QED) is 0.586. The lowest BCUT2D eigenvalue weighted by molar-refractivity contribution is -0.116. The van der Waals surface area contributed by atoms with E-state index in [-0.39, 0.29) is 0 Å². The highest BCUT2D eigenvalue weighted by molar-refractivity contribution is 8.03. The van der Waals surface area contributed by atoms with E-state index in [1.54, 1.807) is 11.8 Å². The Labute approximate surface area is 59.5 Å². The van der Waals surface area contributed by atoms with Gasteiger partial charge >= 0.3 is 0 Å². The van der Waals surface area contributed by atoms with Gasteiger partial charge in [0.2, 0.25) is 0 Å². The Morgan fingerprint density at radius 1 is 1.67 bits per heavy atom. The SMILES string of the molecule is CCSC1=C(C)C(=O)C1. The first-order valence-corrected chi connectivity index (χ1v) is 4.10. The second-order valence-electron chi connectivity index (χ2n) is 2.08. The number of carbonyl (C=O) groups is 1. The third-order valence-corrected chi connectivity index (χ3v) is 2.56. The van der Waals surface area contributed by atoms with Crippen molar-refractivity contribution in [3.63, 3.8) is 0 Å². The van der Waals surface area contributed by atoms with Crippen LogP contribution in [-0.4, -0.2) is 11.5 Å². The molecule has 0 bridgehead atoms. The van der Waals surface area contributed by atoms with E-state index in [0.717, 1.165) is 11.3 Å². The van der Waals surface area contributed by atoms with E-state index in [4.69, 9.17) is 0 Å². The van der Waals surface area contributed by atoms with Crippen LogP contribution in [0.25, 0.3) is 0 Å². The number of rotatable bonds is 2. The molecule has 1 aliphatic rings. The van der Waals surface area contributed by atoms with Crippen molar-refractivity contribution in [2.75, 3.05) is 5.75 Å². The molecule has 2 heteroatoms. The van der Waals surface area contributed by atoms with Crippen molar-refractivity contribution in [1.29, 1.82) is 0 Å². The molecule has 0 aromatic heterocycles. The Bertz CT molecular complexity index is 170. The van der Waals surface area contributed by atoms with Gasteiger partial charge in [0.1, 0.15) is 0 Å². The van der Waals surface area contributed by atoms with Crippen molar-refractivity contribution in [2.45, 2.75) is 20.3 Å². The lowest BCUT2D eigenvalue weighted by Crippen LogP contribution is -2.13. The summed E-state index contributed by atoms with van der Waals surface area (Å²) >= 11 is 1.79. The summed E-state index contributed by atoms with van der Waals surface area (Å²) in [6, 6.07) is 0. The molecule has 9 heavy (non-hydrogen) atoms. The van der Waals surface area contributed by atoms with Crippen LogP contribution >= 0.6 is 11.8 Å². The fraction of sp³-hybridized carbons (Fsp3) is 0.571. The monoisotopic (exact) mass is 142 g/mol. The molecule has 0 fully saturated rings. The Hall–Kier alpha value is -0.240. The van der Waals surface area contributed by atoms with Crippen LogP contribution in [0.4, 0.5) is 0 Å². The normalized spacial score (nSPS) is 18.2. The molecule has 0 N–H and O–H groups in total. The highest BCUT2D eigenvalue weighted by Crippen LogP contribution is 2.32. The van der Waals surface area contributed by atoms with E-state index >= 15 is 0 Å². The predicted octanol–water partition coefficient (Wildman–Crippen LogP) is 1.99. The van der Waals surface area contributed by atoms with Gasteiger partial charge in [-0.05, 0) is 17.6 Å². The molecule has 0 aromatic carbocycles. The van der Waals surface area contributed by atoms with Crippen molar-refractivity contribution in [2.24, 2.45) is 0 Å². The minimum atomic E-state index is 0.325. The first-order valence-electron chi connectivity index (χ1n) is 3.11. The van der Waals surface area contributed by atoms with Crippen molar-refractivity contribution in [3.8, 4) is 0 Å². The molecule has 0 heterocycles. The van der Waals surface area contributed by atoms with Crippen molar-refractivity contribution < 1.29 is 4.79 Å². The third kappa shape index (κ3) is 1.18. The van der Waals surface area contributed by atoms with E-state index in [0.29, 0.717) is 12.2 Å². The van der Waals surface area contributed by atoms with E-state index in [1.165, 1.54) is 4.91 Å². The molecule has 0 unspecified atom stereocenters. The molecule has 0 saturated carbocycles. The van der Waals surface area contributed by atoms with Crippen LogP contribution < -0.4 is 0 Å². The summed E-state index contributed by atoms with van der Waals surface area (Å²) in [5.74, 6) is 1.41. The number of hydrogen-bond acceptors (Lipinski definition) is 2. The average Bonchev–Trinajstić information content (AvgIpc) is 1.88. The number of ketones is 1. The summed E-state index contributed by atoms with van der Waals surface area (Å²) in [6.45, 7) is 4.01. The van der Waals surface area contributed by atoms with E-state index in [9.17, 15) is 4.79 Å². The molecule has 50 valence electrons. The van der Waals surface area contributed by atoms with Gasteiger partial charge in [-0.1, -0.05) is 6.92 Å². The first-order chi connectivity index (χ1) is 4.25. The molecule has 0 amide bonds. The minimum absolute atomic E-state index is 0.325. The number of thioether (sulfide) groups is 1. The summed E-state index contributed by atoms with van der Waals surface area (Å²) in [4.78, 5) is 11.9. The summed E-state index contributed by atoms with van der Waals surface area (Å²) in [5.41, 5.74) is 0.988. The molecule has 0 radical (unpaired) electrons. The Morgan fingerprint density at radius 2 is 2.33 bits per heavy atom. The first kappa shape index (κ1) is 6.87. The van der Waals surface area contributed by atoms with Gasteiger partial charge in [0.15, 0.2) is 5.78 Å². The van der Waals surface area contributed by atoms with Crippen LogP contribution in [0.15, 0.2) is 10.5 Å². The molecule has 0 atom stereocenters. The number of carbonyl (C=O) groups excluding carboxylic acids is 1. The lowest BCUT2D eigenvalue weighted by Gasteiger charge is -2.17. The molecule has 0 spiro atoms. The van der Waals surface area contributed by atoms with E-state index in [1.807, 2.05) is 6.92 Å². The van der Waals surface area contributed by atoms with Crippen LogP contribution in [0, 0.1) is 0 Å². The second kappa shape index (κ2) is 2.56. The zero-order valence-corrected chi connectivity index (χ0v) is 6.55. The fourth-order valence-corrected chi connectivity index (χ4v) is 1.71. The maximum Gasteiger partial charge on any atom is 0.164 e. The zero-order valence-electron chi connectivity index (χ0n) is 5.73. The van der Waals surface area contributed by atoms with Crippen molar-refractivity contribution in [1.82, 2.24) is 0 Å². The van der Waals surface area contributed by atoms with Crippen LogP contribution in [-0.2, 0) is 4.79 Å². The third-order valence-electron chi connectivity index (χ3n) is 1.48. The average molecular weight is 142 g/mol. The van der Waals surface area contributed by atoms with Gasteiger partial charge in [-0.2, -0.15) is 0 Å². The van der Waals surface area contributed by atoms with Crippen molar-refractivity contribution in [3.05, 3.63) is 10.5 Å². The van der Waals surface area contributed by atoms with Gasteiger partial charge in [-0.15, -0.1) is 11.8 Å². The van der Waals surface area contributed by atoms with Gasteiger partial charge in [-0.25, -0.2) is 0 Å². The number of allylic oxidation sites excluding steroid dienone is 2. The number of Topliss-reactive ketones (excluding diaryl/α,β-unsaturated/α-hetero) is 1. The lowest BCUT2D eigenvalue weighted by atomic mass is 9.99. The smallest absolute Gasteiger partial charge is 0.164 e. The Balaban J connectivity index is 2.54. The summed E-state index contributed by atoms with van der Waals surface area (Å²) < 4.78 is 0. The maximum atomic E-state index is 10.6. The van der Waals surface area contributed by atoms with E-state index < -0.39 is 0 Å². The molecular weight excluding hydrogens is 132 g/mol. The van der Waals surface area contributed by atoms with Crippen LogP contribution in [0.3, 0.4) is 0 Å². The summed E-state index contributed by atoms with van der Waals surface area (Å²) in [5, 5.41) is 0. The van der Waals surface area contributed by atoms with Gasteiger partial charge in [-0.3, -0.25) is 4.79 Å². The summed E-state index contributed by atoms with van der Waals surface area (Å²) in [6.07, 6.45) is 0.699. The summed E-state index contributed by atoms with van der Waals surface area (Å²) in [7, 11) is 0. The molecule has 0 aliphatic heterocycles. The highest BCUT2D eigenvalue weighted by atomic mass is 32.2. The standard InChI is InChI=1S/C7H10OS/c1-3-9-7-4-6(8)5(7)2/h3-4H2,1-2H3. The molecule has 1 aliphatic carbocycles. The largest absolute Gasteiger partial charge is 0.294 e. The molecule has 0 aromatic rings. The predicted molar refractivity (Wildman–Crippen MR) is 40.5 cm³/mol. The molecule has 1 rings (SSSR count). The molecular formula is C7H10OS. The van der Waals surface area contributed by atoms with Crippen molar-refractivity contribution >= 4 is 17.5 Å². The number of hydrogen-bond donors (Lipinski definition) is 0. The second-order valence-corrected chi connectivity index (χ2v) is 3.44. The molecule has 1 nitrogen and oxygen atoms in total. The van der Waals surface area contributed by atoms with Crippen LogP contribution in [0.1, 0.15) is 20.3 Å². The topological polar surface area (TPSA) is 17.1 Å². The van der Waals surface area contributed by atoms with Gasteiger partial charge in [0.05, 0.1) is 0 Å². The van der Waals surface area contributed by atoms with Gasteiger partial charge in [0.25, 0.3) is 0 Å². The maximum absolute atomic E-state index is 10.6. The van der Waals surface area contributed by atoms with Crippen LogP contribution in [0.5, 0.6) is 0 Å². The zero-order chi connectivity index (χ0) is 6.85. The Morgan fingerprint density at radius 3 is 2.67 bits per heavy atom. The highest BCUT2D eigenvalue weighted by Gasteiger charge is 2.22. The Kier molecular flexibility index (Phi) is 1.96. The molecule has 0 saturated heterocycles.